The summed E-state index contributed by atoms with van der Waals surface area (Å²) in [5, 5.41) is 4.43. The first-order valence-corrected chi connectivity index (χ1v) is 8.58. The standard InChI is InChI=1S/C13H15N7O2S/c1-9-4-11-13(15-2-3-20(11)17-9)19-6-10(7-19)18-23(21,22)12-5-14-8-16-12/h2-5,8,10,18H,6-7H2,1H3,(H,14,16). The van der Waals surface area contributed by atoms with Crippen LogP contribution >= 0.6 is 0 Å². The molecule has 4 rings (SSSR count). The van der Waals surface area contributed by atoms with Gasteiger partial charge in [0.1, 0.15) is 5.52 Å². The summed E-state index contributed by atoms with van der Waals surface area (Å²) in [6.45, 7) is 3.04. The van der Waals surface area contributed by atoms with Crippen LogP contribution in [-0.2, 0) is 10.0 Å². The quantitative estimate of drug-likeness (QED) is 0.692. The summed E-state index contributed by atoms with van der Waals surface area (Å²) in [4.78, 5) is 12.8. The van der Waals surface area contributed by atoms with Crippen LogP contribution in [-0.4, -0.2) is 52.1 Å². The third-order valence-corrected chi connectivity index (χ3v) is 5.20. The molecule has 0 aliphatic carbocycles. The van der Waals surface area contributed by atoms with Crippen molar-refractivity contribution in [3.8, 4) is 0 Å². The number of hydrogen-bond donors (Lipinski definition) is 2. The van der Waals surface area contributed by atoms with E-state index in [0.717, 1.165) is 17.0 Å². The highest BCUT2D eigenvalue weighted by Crippen LogP contribution is 2.24. The van der Waals surface area contributed by atoms with Gasteiger partial charge in [-0.1, -0.05) is 0 Å². The number of nitrogens with one attached hydrogen (secondary N) is 2. The Kier molecular flexibility index (Phi) is 3.10. The summed E-state index contributed by atoms with van der Waals surface area (Å²) >= 11 is 0. The number of H-pyrrole nitrogens is 1. The van der Waals surface area contributed by atoms with Crippen molar-refractivity contribution in [2.45, 2.75) is 18.0 Å². The SMILES string of the molecule is Cc1cc2c(N3CC(NS(=O)(=O)c4cnc[nH]4)C3)nccn2n1. The minimum absolute atomic E-state index is 0.0718. The third-order valence-electron chi connectivity index (χ3n) is 3.76. The molecule has 1 saturated heterocycles. The molecule has 3 aromatic heterocycles. The van der Waals surface area contributed by atoms with E-state index in [1.54, 1.807) is 16.9 Å². The van der Waals surface area contributed by atoms with Gasteiger partial charge < -0.3 is 9.88 Å². The Morgan fingerprint density at radius 1 is 1.39 bits per heavy atom. The summed E-state index contributed by atoms with van der Waals surface area (Å²) in [7, 11) is -3.55. The second-order valence-corrected chi connectivity index (χ2v) is 7.19. The molecule has 2 N–H and O–H groups in total. The lowest BCUT2D eigenvalue weighted by molar-refractivity contribution is 0.465. The molecule has 0 amide bonds. The van der Waals surface area contributed by atoms with Crippen LogP contribution in [0, 0.1) is 6.92 Å². The van der Waals surface area contributed by atoms with Crippen molar-refractivity contribution in [1.82, 2.24) is 29.3 Å². The number of fused-ring (bicyclic) bond motifs is 1. The molecule has 10 heteroatoms. The lowest BCUT2D eigenvalue weighted by atomic mass is 10.1. The van der Waals surface area contributed by atoms with Gasteiger partial charge in [-0.25, -0.2) is 27.6 Å². The van der Waals surface area contributed by atoms with Gasteiger partial charge in [0, 0.05) is 25.5 Å². The maximum Gasteiger partial charge on any atom is 0.257 e. The van der Waals surface area contributed by atoms with Crippen LogP contribution in [0.1, 0.15) is 5.69 Å². The average Bonchev–Trinajstić information content (AvgIpc) is 3.10. The van der Waals surface area contributed by atoms with Crippen LogP contribution in [0.5, 0.6) is 0 Å². The van der Waals surface area contributed by atoms with Crippen LogP contribution in [0.25, 0.3) is 5.52 Å². The van der Waals surface area contributed by atoms with Gasteiger partial charge in [-0.2, -0.15) is 5.10 Å². The molecule has 0 bridgehead atoms. The van der Waals surface area contributed by atoms with Gasteiger partial charge in [-0.15, -0.1) is 0 Å². The first-order valence-electron chi connectivity index (χ1n) is 7.09. The molecule has 0 aromatic carbocycles. The molecule has 1 aliphatic heterocycles. The molecule has 1 aliphatic rings. The minimum atomic E-state index is -3.55. The van der Waals surface area contributed by atoms with E-state index in [-0.39, 0.29) is 11.1 Å². The Balaban J connectivity index is 1.49. The molecule has 1 fully saturated rings. The molecule has 3 aromatic rings. The molecular formula is C13H15N7O2S. The van der Waals surface area contributed by atoms with Crippen molar-refractivity contribution >= 4 is 21.4 Å². The van der Waals surface area contributed by atoms with Gasteiger partial charge >= 0.3 is 0 Å². The number of aryl methyl sites for hydroxylation is 1. The number of hydrogen-bond acceptors (Lipinski definition) is 6. The van der Waals surface area contributed by atoms with Crippen LogP contribution < -0.4 is 9.62 Å². The van der Waals surface area contributed by atoms with Gasteiger partial charge in [0.05, 0.1) is 24.3 Å². The monoisotopic (exact) mass is 333 g/mol. The predicted molar refractivity (Wildman–Crippen MR) is 82.6 cm³/mol. The largest absolute Gasteiger partial charge is 0.351 e. The molecule has 0 spiro atoms. The van der Waals surface area contributed by atoms with Gasteiger partial charge in [-0.3, -0.25) is 0 Å². The van der Waals surface area contributed by atoms with E-state index in [0.29, 0.717) is 13.1 Å². The van der Waals surface area contributed by atoms with Gasteiger partial charge in [0.2, 0.25) is 0 Å². The highest BCUT2D eigenvalue weighted by Gasteiger charge is 2.33. The Labute approximate surface area is 132 Å². The third kappa shape index (κ3) is 2.45. The zero-order valence-electron chi connectivity index (χ0n) is 12.3. The molecule has 0 unspecified atom stereocenters. The molecule has 23 heavy (non-hydrogen) atoms. The lowest BCUT2D eigenvalue weighted by Crippen LogP contribution is -2.59. The Bertz CT molecular complexity index is 942. The van der Waals surface area contributed by atoms with Crippen LogP contribution in [0.15, 0.2) is 36.0 Å². The maximum atomic E-state index is 12.1. The Hall–Kier alpha value is -2.46. The molecule has 0 atom stereocenters. The van der Waals surface area contributed by atoms with Crippen LogP contribution in [0.2, 0.25) is 0 Å². The summed E-state index contributed by atoms with van der Waals surface area (Å²) in [6, 6.07) is 1.80. The first kappa shape index (κ1) is 14.2. The second-order valence-electron chi connectivity index (χ2n) is 5.51. The molecule has 9 nitrogen and oxygen atoms in total. The van der Waals surface area contributed by atoms with E-state index in [4.69, 9.17) is 0 Å². The first-order chi connectivity index (χ1) is 11.0. The van der Waals surface area contributed by atoms with E-state index < -0.39 is 10.0 Å². The fraction of sp³-hybridized carbons (Fsp3) is 0.308. The zero-order valence-corrected chi connectivity index (χ0v) is 13.2. The summed E-state index contributed by atoms with van der Waals surface area (Å²) in [5.41, 5.74) is 1.83. The number of imidazole rings is 1. The number of aromatic amines is 1. The fourth-order valence-electron chi connectivity index (χ4n) is 2.67. The Morgan fingerprint density at radius 3 is 2.96 bits per heavy atom. The predicted octanol–water partition coefficient (Wildman–Crippen LogP) is -0.0721. The van der Waals surface area contributed by atoms with Gasteiger partial charge in [0.25, 0.3) is 10.0 Å². The van der Waals surface area contributed by atoms with Gasteiger partial charge in [-0.05, 0) is 13.0 Å². The number of anilines is 1. The highest BCUT2D eigenvalue weighted by atomic mass is 32.2. The topological polar surface area (TPSA) is 108 Å². The van der Waals surface area contributed by atoms with Crippen molar-refractivity contribution in [1.29, 1.82) is 0 Å². The normalized spacial score (nSPS) is 16.0. The van der Waals surface area contributed by atoms with Crippen LogP contribution in [0.3, 0.4) is 0 Å². The second kappa shape index (κ2) is 5.03. The number of sulfonamides is 1. The number of aromatic nitrogens is 5. The zero-order chi connectivity index (χ0) is 16.0. The van der Waals surface area contributed by atoms with Crippen molar-refractivity contribution in [3.63, 3.8) is 0 Å². The lowest BCUT2D eigenvalue weighted by Gasteiger charge is -2.40. The van der Waals surface area contributed by atoms with Crippen molar-refractivity contribution in [2.75, 3.05) is 18.0 Å². The smallest absolute Gasteiger partial charge is 0.257 e. The molecule has 120 valence electrons. The summed E-state index contributed by atoms with van der Waals surface area (Å²) < 4.78 is 28.7. The van der Waals surface area contributed by atoms with E-state index >= 15 is 0 Å². The summed E-state index contributed by atoms with van der Waals surface area (Å²) in [5.74, 6) is 0.810. The van der Waals surface area contributed by atoms with Gasteiger partial charge in [0.15, 0.2) is 10.8 Å². The fourth-order valence-corrected chi connectivity index (χ4v) is 3.80. The van der Waals surface area contributed by atoms with E-state index in [1.807, 2.05) is 17.9 Å². The Morgan fingerprint density at radius 2 is 2.22 bits per heavy atom. The average molecular weight is 333 g/mol. The minimum Gasteiger partial charge on any atom is -0.351 e. The van der Waals surface area contributed by atoms with E-state index in [2.05, 4.69) is 24.8 Å². The number of rotatable bonds is 4. The molecule has 4 heterocycles. The molecular weight excluding hydrogens is 318 g/mol. The maximum absolute atomic E-state index is 12.1. The van der Waals surface area contributed by atoms with Crippen LogP contribution in [0.4, 0.5) is 5.82 Å². The van der Waals surface area contributed by atoms with Crippen molar-refractivity contribution < 1.29 is 8.42 Å². The molecule has 0 radical (unpaired) electrons. The van der Waals surface area contributed by atoms with E-state index in [9.17, 15) is 8.42 Å². The number of nitrogens with zero attached hydrogens (tertiary/aromatic N) is 5. The van der Waals surface area contributed by atoms with Crippen molar-refractivity contribution in [3.05, 3.63) is 36.7 Å². The molecule has 0 saturated carbocycles. The highest BCUT2D eigenvalue weighted by molar-refractivity contribution is 7.89. The van der Waals surface area contributed by atoms with Crippen molar-refractivity contribution in [2.24, 2.45) is 0 Å². The van der Waals surface area contributed by atoms with E-state index in [1.165, 1.54) is 12.5 Å². The summed E-state index contributed by atoms with van der Waals surface area (Å²) in [6.07, 6.45) is 6.12.